The van der Waals surface area contributed by atoms with E-state index in [1.54, 1.807) is 12.1 Å². The van der Waals surface area contributed by atoms with Gasteiger partial charge < -0.3 is 9.52 Å². The molecule has 0 bridgehead atoms. The molecule has 0 saturated carbocycles. The van der Waals surface area contributed by atoms with E-state index >= 15 is 0 Å². The second-order valence-corrected chi connectivity index (χ2v) is 7.62. The van der Waals surface area contributed by atoms with Crippen LogP contribution in [0.15, 0.2) is 56.3 Å². The van der Waals surface area contributed by atoms with Gasteiger partial charge in [0.2, 0.25) is 5.43 Å². The van der Waals surface area contributed by atoms with Crippen LogP contribution < -0.4 is 5.43 Å². The lowest BCUT2D eigenvalue weighted by Gasteiger charge is -2.22. The normalized spacial score (nSPS) is 11.4. The highest BCUT2D eigenvalue weighted by Crippen LogP contribution is 2.29. The minimum absolute atomic E-state index is 0.0858. The summed E-state index contributed by atoms with van der Waals surface area (Å²) in [6, 6.07) is 10.8. The van der Waals surface area contributed by atoms with E-state index in [9.17, 15) is 9.90 Å². The Labute approximate surface area is 167 Å². The van der Waals surface area contributed by atoms with Crippen molar-refractivity contribution in [3.8, 4) is 16.9 Å². The van der Waals surface area contributed by atoms with Crippen LogP contribution in [0.25, 0.3) is 22.1 Å². The zero-order valence-electron chi connectivity index (χ0n) is 15.7. The molecule has 1 heterocycles. The fourth-order valence-electron chi connectivity index (χ4n) is 3.35. The minimum Gasteiger partial charge on any atom is -0.507 e. The summed E-state index contributed by atoms with van der Waals surface area (Å²) in [5, 5.41) is 10.9. The van der Waals surface area contributed by atoms with Crippen molar-refractivity contribution in [2.24, 2.45) is 0 Å². The largest absolute Gasteiger partial charge is 0.507 e. The fourth-order valence-corrected chi connectivity index (χ4v) is 3.62. The molecule has 2 aromatic carbocycles. The Kier molecular flexibility index (Phi) is 6.34. The maximum Gasteiger partial charge on any atom is 0.200 e. The second-order valence-electron chi connectivity index (χ2n) is 6.70. The summed E-state index contributed by atoms with van der Waals surface area (Å²) in [4.78, 5) is 15.3. The topological polar surface area (TPSA) is 53.7 Å². The molecule has 27 heavy (non-hydrogen) atoms. The molecule has 0 unspecified atom stereocenters. The predicted molar refractivity (Wildman–Crippen MR) is 113 cm³/mol. The van der Waals surface area contributed by atoms with Gasteiger partial charge in [-0.1, -0.05) is 41.9 Å². The van der Waals surface area contributed by atoms with Gasteiger partial charge in [-0.15, -0.1) is 0 Å². The lowest BCUT2D eigenvalue weighted by atomic mass is 10.0. The van der Waals surface area contributed by atoms with Crippen molar-refractivity contribution < 1.29 is 9.52 Å². The van der Waals surface area contributed by atoms with Crippen molar-refractivity contribution in [1.82, 2.24) is 4.90 Å². The molecule has 1 aromatic heterocycles. The summed E-state index contributed by atoms with van der Waals surface area (Å²) in [7, 11) is 0. The van der Waals surface area contributed by atoms with Crippen molar-refractivity contribution in [3.63, 3.8) is 0 Å². The average molecular weight is 430 g/mol. The summed E-state index contributed by atoms with van der Waals surface area (Å²) in [5.74, 6) is 0.166. The van der Waals surface area contributed by atoms with Crippen LogP contribution in [-0.4, -0.2) is 23.1 Å². The highest BCUT2D eigenvalue weighted by Gasteiger charge is 2.17. The van der Waals surface area contributed by atoms with E-state index in [2.05, 4.69) is 34.7 Å². The monoisotopic (exact) mass is 429 g/mol. The molecule has 0 amide bonds. The lowest BCUT2D eigenvalue weighted by molar-refractivity contribution is 0.262. The number of halogens is 1. The molecule has 0 aliphatic heterocycles. The molecule has 0 saturated heterocycles. The van der Waals surface area contributed by atoms with Gasteiger partial charge in [0.05, 0.1) is 16.5 Å². The maximum atomic E-state index is 13.0. The third-order valence-electron chi connectivity index (χ3n) is 4.64. The smallest absolute Gasteiger partial charge is 0.200 e. The molecule has 1 N–H and O–H groups in total. The second kappa shape index (κ2) is 8.72. The Bertz CT molecular complexity index is 973. The number of aromatic hydroxyl groups is 1. The van der Waals surface area contributed by atoms with Crippen LogP contribution in [0, 0.1) is 0 Å². The van der Waals surface area contributed by atoms with Crippen LogP contribution in [0.3, 0.4) is 0 Å². The van der Waals surface area contributed by atoms with Gasteiger partial charge in [-0.3, -0.25) is 9.69 Å². The molecule has 0 aliphatic carbocycles. The van der Waals surface area contributed by atoms with E-state index < -0.39 is 0 Å². The van der Waals surface area contributed by atoms with Crippen molar-refractivity contribution in [2.75, 3.05) is 13.1 Å². The number of nitrogens with zero attached hydrogens (tertiary/aromatic N) is 1. The number of rotatable bonds is 7. The zero-order valence-corrected chi connectivity index (χ0v) is 17.3. The van der Waals surface area contributed by atoms with Gasteiger partial charge in [-0.2, -0.15) is 0 Å². The summed E-state index contributed by atoms with van der Waals surface area (Å²) < 4.78 is 6.83. The van der Waals surface area contributed by atoms with Crippen LogP contribution >= 0.6 is 15.9 Å². The van der Waals surface area contributed by atoms with E-state index in [1.165, 1.54) is 6.26 Å². The molecule has 142 valence electrons. The number of hydrogen-bond donors (Lipinski definition) is 1. The highest BCUT2D eigenvalue weighted by molar-refractivity contribution is 9.10. The van der Waals surface area contributed by atoms with Gasteiger partial charge in [-0.05, 0) is 55.8 Å². The zero-order chi connectivity index (χ0) is 19.4. The molecule has 0 spiro atoms. The molecule has 0 aliphatic rings. The van der Waals surface area contributed by atoms with E-state index in [0.717, 1.165) is 36.0 Å². The molecule has 4 nitrogen and oxygen atoms in total. The average Bonchev–Trinajstić information content (AvgIpc) is 2.65. The van der Waals surface area contributed by atoms with Crippen LogP contribution in [0.1, 0.15) is 32.3 Å². The quantitative estimate of drug-likeness (QED) is 0.534. The van der Waals surface area contributed by atoms with E-state index in [-0.39, 0.29) is 11.2 Å². The first-order chi connectivity index (χ1) is 13.0. The number of phenols is 1. The van der Waals surface area contributed by atoms with E-state index in [4.69, 9.17) is 4.42 Å². The Balaban J connectivity index is 2.08. The maximum absolute atomic E-state index is 13.0. The molecule has 0 fully saturated rings. The Hall–Kier alpha value is -2.11. The van der Waals surface area contributed by atoms with Crippen LogP contribution in [0.4, 0.5) is 0 Å². The Morgan fingerprint density at radius 3 is 2.33 bits per heavy atom. The molecule has 0 radical (unpaired) electrons. The number of fused-ring (bicyclic) bond motifs is 1. The van der Waals surface area contributed by atoms with Crippen LogP contribution in [0.5, 0.6) is 5.75 Å². The third kappa shape index (κ3) is 4.25. The van der Waals surface area contributed by atoms with Gasteiger partial charge in [-0.25, -0.2) is 0 Å². The summed E-state index contributed by atoms with van der Waals surface area (Å²) in [6.45, 7) is 6.70. The van der Waals surface area contributed by atoms with Crippen LogP contribution in [0.2, 0.25) is 0 Å². The predicted octanol–water partition coefficient (Wildman–Crippen LogP) is 5.55. The van der Waals surface area contributed by atoms with Crippen molar-refractivity contribution in [2.45, 2.75) is 33.2 Å². The third-order valence-corrected chi connectivity index (χ3v) is 5.16. The summed E-state index contributed by atoms with van der Waals surface area (Å²) in [6.07, 6.45) is 3.56. The van der Waals surface area contributed by atoms with Crippen molar-refractivity contribution in [3.05, 3.63) is 62.9 Å². The van der Waals surface area contributed by atoms with E-state index in [1.807, 2.05) is 24.3 Å². The van der Waals surface area contributed by atoms with Crippen molar-refractivity contribution in [1.29, 1.82) is 0 Å². The first kappa shape index (κ1) is 19.6. The number of phenolic OH excluding ortho intramolecular Hbond substituents is 1. The van der Waals surface area contributed by atoms with Gasteiger partial charge in [0.15, 0.2) is 0 Å². The minimum atomic E-state index is -0.0858. The molecular weight excluding hydrogens is 406 g/mol. The fraction of sp³-hybridized carbons (Fsp3) is 0.318. The molecular formula is C22H24BrNO3. The SMILES string of the molecule is CCCN(CCC)Cc1c(O)ccc2c(=O)c(-c3ccc(Br)cc3)coc12. The van der Waals surface area contributed by atoms with Gasteiger partial charge in [0, 0.05) is 11.0 Å². The lowest BCUT2D eigenvalue weighted by Crippen LogP contribution is -2.25. The van der Waals surface area contributed by atoms with E-state index in [0.29, 0.717) is 28.6 Å². The molecule has 0 atom stereocenters. The molecule has 3 aromatic rings. The molecule has 5 heteroatoms. The van der Waals surface area contributed by atoms with Gasteiger partial charge in [0.1, 0.15) is 17.6 Å². The number of benzene rings is 2. The summed E-state index contributed by atoms with van der Waals surface area (Å²) >= 11 is 3.41. The first-order valence-electron chi connectivity index (χ1n) is 9.29. The Morgan fingerprint density at radius 1 is 1.04 bits per heavy atom. The van der Waals surface area contributed by atoms with Crippen molar-refractivity contribution >= 4 is 26.9 Å². The Morgan fingerprint density at radius 2 is 1.70 bits per heavy atom. The van der Waals surface area contributed by atoms with Crippen LogP contribution in [-0.2, 0) is 6.54 Å². The van der Waals surface area contributed by atoms with Gasteiger partial charge >= 0.3 is 0 Å². The molecule has 3 rings (SSSR count). The summed E-state index contributed by atoms with van der Waals surface area (Å²) in [5.41, 5.74) is 2.39. The van der Waals surface area contributed by atoms with Gasteiger partial charge in [0.25, 0.3) is 0 Å². The standard InChI is InChI=1S/C22H24BrNO3/c1-3-11-24(12-4-2)13-18-20(25)10-9-17-21(26)19(14-27-22(17)18)15-5-7-16(23)8-6-15/h5-10,14,25H,3-4,11-13H2,1-2H3. The first-order valence-corrected chi connectivity index (χ1v) is 10.1. The number of hydrogen-bond acceptors (Lipinski definition) is 4. The highest BCUT2D eigenvalue weighted by atomic mass is 79.9.